The quantitative estimate of drug-likeness (QED) is 0.906. The second-order valence-electron chi connectivity index (χ2n) is 4.76. The summed E-state index contributed by atoms with van der Waals surface area (Å²) in [7, 11) is 0. The summed E-state index contributed by atoms with van der Waals surface area (Å²) in [5, 5.41) is 2.14. The van der Waals surface area contributed by atoms with Gasteiger partial charge in [0.2, 0.25) is 0 Å². The molecule has 0 radical (unpaired) electrons. The summed E-state index contributed by atoms with van der Waals surface area (Å²) < 4.78 is 1.14. The van der Waals surface area contributed by atoms with Crippen LogP contribution in [0.5, 0.6) is 0 Å². The number of nitrogens with zero attached hydrogens (tertiary/aromatic N) is 1. The maximum absolute atomic E-state index is 6.44. The Bertz CT molecular complexity index is 552. The van der Waals surface area contributed by atoms with Crippen molar-refractivity contribution in [2.24, 2.45) is 5.73 Å². The molecule has 0 saturated heterocycles. The van der Waals surface area contributed by atoms with Gasteiger partial charge in [-0.2, -0.15) is 0 Å². The average molecular weight is 323 g/mol. The van der Waals surface area contributed by atoms with Crippen LogP contribution in [0.1, 0.15) is 41.6 Å². The molecule has 0 aromatic carbocycles. The van der Waals surface area contributed by atoms with E-state index in [0.717, 1.165) is 16.6 Å². The number of nitrogens with two attached hydrogens (primary N) is 1. The lowest BCUT2D eigenvalue weighted by atomic mass is 9.80. The van der Waals surface area contributed by atoms with Gasteiger partial charge in [0.15, 0.2) is 0 Å². The van der Waals surface area contributed by atoms with E-state index < -0.39 is 0 Å². The first-order valence-electron chi connectivity index (χ1n) is 6.19. The molecule has 2 atom stereocenters. The van der Waals surface area contributed by atoms with E-state index in [2.05, 4.69) is 38.4 Å². The molecule has 0 fully saturated rings. The van der Waals surface area contributed by atoms with Crippen molar-refractivity contribution in [3.63, 3.8) is 0 Å². The Kier molecular flexibility index (Phi) is 3.50. The van der Waals surface area contributed by atoms with Gasteiger partial charge < -0.3 is 5.73 Å². The highest BCUT2D eigenvalue weighted by Crippen LogP contribution is 2.39. The number of hydrogen-bond donors (Lipinski definition) is 1. The van der Waals surface area contributed by atoms with Gasteiger partial charge >= 0.3 is 0 Å². The van der Waals surface area contributed by atoms with Gasteiger partial charge in [-0.1, -0.05) is 6.07 Å². The van der Waals surface area contributed by atoms with Gasteiger partial charge in [-0.15, -0.1) is 11.3 Å². The molecule has 4 heteroatoms. The van der Waals surface area contributed by atoms with Crippen LogP contribution in [-0.4, -0.2) is 4.98 Å². The Morgan fingerprint density at radius 1 is 1.50 bits per heavy atom. The fourth-order valence-corrected chi connectivity index (χ4v) is 3.95. The number of hydrogen-bond acceptors (Lipinski definition) is 3. The first kappa shape index (κ1) is 12.3. The van der Waals surface area contributed by atoms with E-state index in [-0.39, 0.29) is 6.04 Å². The largest absolute Gasteiger partial charge is 0.323 e. The molecular formula is C14H15BrN2S. The molecule has 1 aliphatic rings. The lowest BCUT2D eigenvalue weighted by Gasteiger charge is -2.28. The lowest BCUT2D eigenvalue weighted by molar-refractivity contribution is 0.463. The van der Waals surface area contributed by atoms with Gasteiger partial charge in [0.05, 0.1) is 3.79 Å². The normalized spacial score (nSPS) is 20.4. The first-order chi connectivity index (χ1) is 8.75. The maximum atomic E-state index is 6.44. The van der Waals surface area contributed by atoms with Gasteiger partial charge in [0.25, 0.3) is 0 Å². The number of aryl methyl sites for hydroxylation is 1. The zero-order valence-corrected chi connectivity index (χ0v) is 12.4. The fourth-order valence-electron chi connectivity index (χ4n) is 2.73. The van der Waals surface area contributed by atoms with Crippen LogP contribution in [0.3, 0.4) is 0 Å². The standard InChI is InChI=1S/C14H15BrN2S/c15-12-7-10(8-18-12)13(16)11-5-1-3-9-4-2-6-17-14(9)11/h2,4,6-8,11,13H,1,3,5,16H2. The van der Waals surface area contributed by atoms with E-state index in [1.165, 1.54) is 23.2 Å². The van der Waals surface area contributed by atoms with Crippen molar-refractivity contribution in [2.45, 2.75) is 31.2 Å². The molecule has 0 bridgehead atoms. The van der Waals surface area contributed by atoms with Crippen molar-refractivity contribution in [3.05, 3.63) is 50.4 Å². The number of halogens is 1. The second-order valence-corrected chi connectivity index (χ2v) is 7.05. The monoisotopic (exact) mass is 322 g/mol. The Morgan fingerprint density at radius 2 is 2.39 bits per heavy atom. The summed E-state index contributed by atoms with van der Waals surface area (Å²) in [5.41, 5.74) is 10.2. The van der Waals surface area contributed by atoms with E-state index in [4.69, 9.17) is 5.73 Å². The Hall–Kier alpha value is -0.710. The molecule has 0 aliphatic heterocycles. The molecule has 0 saturated carbocycles. The van der Waals surface area contributed by atoms with Crippen molar-refractivity contribution in [1.29, 1.82) is 0 Å². The molecule has 2 heterocycles. The van der Waals surface area contributed by atoms with Gasteiger partial charge in [0, 0.05) is 23.9 Å². The predicted octanol–water partition coefficient (Wildman–Crippen LogP) is 4.03. The number of pyridine rings is 1. The number of aromatic nitrogens is 1. The minimum absolute atomic E-state index is 0.0569. The molecule has 0 spiro atoms. The first-order valence-corrected chi connectivity index (χ1v) is 7.86. The third kappa shape index (κ3) is 2.25. The third-order valence-electron chi connectivity index (χ3n) is 3.64. The van der Waals surface area contributed by atoms with E-state index in [0.29, 0.717) is 5.92 Å². The highest BCUT2D eigenvalue weighted by atomic mass is 79.9. The predicted molar refractivity (Wildman–Crippen MR) is 78.9 cm³/mol. The molecule has 2 nitrogen and oxygen atoms in total. The van der Waals surface area contributed by atoms with E-state index in [9.17, 15) is 0 Å². The number of fused-ring (bicyclic) bond motifs is 1. The van der Waals surface area contributed by atoms with Gasteiger partial charge in [-0.25, -0.2) is 0 Å². The Labute approximate surface area is 119 Å². The molecule has 2 aromatic heterocycles. The summed E-state index contributed by atoms with van der Waals surface area (Å²) in [4.78, 5) is 4.57. The molecule has 0 amide bonds. The van der Waals surface area contributed by atoms with Crippen LogP contribution in [0.2, 0.25) is 0 Å². The van der Waals surface area contributed by atoms with Gasteiger partial charge in [-0.3, -0.25) is 4.98 Å². The zero-order chi connectivity index (χ0) is 12.5. The molecule has 2 unspecified atom stereocenters. The topological polar surface area (TPSA) is 38.9 Å². The van der Waals surface area contributed by atoms with E-state index >= 15 is 0 Å². The molecule has 2 N–H and O–H groups in total. The molecule has 2 aromatic rings. The van der Waals surface area contributed by atoms with E-state index in [1.807, 2.05) is 12.3 Å². The number of thiophene rings is 1. The summed E-state index contributed by atoms with van der Waals surface area (Å²) in [6.45, 7) is 0. The minimum atomic E-state index is 0.0569. The van der Waals surface area contributed by atoms with Crippen molar-refractivity contribution in [1.82, 2.24) is 4.98 Å². The Balaban J connectivity index is 1.94. The summed E-state index contributed by atoms with van der Waals surface area (Å²) in [6, 6.07) is 6.40. The van der Waals surface area contributed by atoms with Crippen LogP contribution >= 0.6 is 27.3 Å². The second kappa shape index (κ2) is 5.11. The van der Waals surface area contributed by atoms with Crippen LogP contribution in [0.25, 0.3) is 0 Å². The van der Waals surface area contributed by atoms with Crippen LogP contribution < -0.4 is 5.73 Å². The van der Waals surface area contributed by atoms with Crippen molar-refractivity contribution >= 4 is 27.3 Å². The van der Waals surface area contributed by atoms with Crippen LogP contribution in [-0.2, 0) is 6.42 Å². The average Bonchev–Trinajstić information content (AvgIpc) is 2.84. The molecule has 1 aliphatic carbocycles. The maximum Gasteiger partial charge on any atom is 0.0701 e. The zero-order valence-electron chi connectivity index (χ0n) is 9.97. The summed E-state index contributed by atoms with van der Waals surface area (Å²) in [6.07, 6.45) is 5.37. The molecular weight excluding hydrogens is 308 g/mol. The minimum Gasteiger partial charge on any atom is -0.323 e. The van der Waals surface area contributed by atoms with Crippen LogP contribution in [0.4, 0.5) is 0 Å². The number of rotatable bonds is 2. The highest BCUT2D eigenvalue weighted by molar-refractivity contribution is 9.11. The Morgan fingerprint density at radius 3 is 3.17 bits per heavy atom. The highest BCUT2D eigenvalue weighted by Gasteiger charge is 2.28. The van der Waals surface area contributed by atoms with Crippen LogP contribution in [0, 0.1) is 0 Å². The van der Waals surface area contributed by atoms with Crippen molar-refractivity contribution in [2.75, 3.05) is 0 Å². The van der Waals surface area contributed by atoms with Crippen LogP contribution in [0.15, 0.2) is 33.6 Å². The SMILES string of the molecule is NC(c1csc(Br)c1)C1CCCc2cccnc21. The van der Waals surface area contributed by atoms with Crippen molar-refractivity contribution < 1.29 is 0 Å². The molecule has 94 valence electrons. The molecule has 3 rings (SSSR count). The third-order valence-corrected chi connectivity index (χ3v) is 5.17. The summed E-state index contributed by atoms with van der Waals surface area (Å²) >= 11 is 5.20. The molecule has 18 heavy (non-hydrogen) atoms. The lowest BCUT2D eigenvalue weighted by Crippen LogP contribution is -2.24. The van der Waals surface area contributed by atoms with Crippen molar-refractivity contribution in [3.8, 4) is 0 Å². The summed E-state index contributed by atoms with van der Waals surface area (Å²) in [5.74, 6) is 0.358. The van der Waals surface area contributed by atoms with E-state index in [1.54, 1.807) is 11.3 Å². The fraction of sp³-hybridized carbons (Fsp3) is 0.357. The smallest absolute Gasteiger partial charge is 0.0701 e. The van der Waals surface area contributed by atoms with Gasteiger partial charge in [-0.05, 0) is 63.8 Å². The van der Waals surface area contributed by atoms with Gasteiger partial charge in [0.1, 0.15) is 0 Å².